The van der Waals surface area contributed by atoms with Gasteiger partial charge in [0.25, 0.3) is 0 Å². The molecular formula is C29H22N2O5. The lowest BCUT2D eigenvalue weighted by molar-refractivity contribution is 0.0975. The Morgan fingerprint density at radius 2 is 1.64 bits per heavy atom. The largest absolute Gasteiger partial charge is 0.507 e. The van der Waals surface area contributed by atoms with Gasteiger partial charge in [0.05, 0.1) is 16.8 Å². The van der Waals surface area contributed by atoms with Crippen LogP contribution in [0.25, 0.3) is 0 Å². The van der Waals surface area contributed by atoms with Crippen molar-refractivity contribution in [3.05, 3.63) is 69.3 Å². The fourth-order valence-electron chi connectivity index (χ4n) is 6.48. The molecule has 4 atom stereocenters. The minimum atomic E-state index is -1.32. The van der Waals surface area contributed by atoms with Gasteiger partial charge >= 0.3 is 0 Å². The number of nitrogens with one attached hydrogen (secondary N) is 2. The third kappa shape index (κ3) is 2.36. The van der Waals surface area contributed by atoms with Gasteiger partial charge in [0.2, 0.25) is 0 Å². The summed E-state index contributed by atoms with van der Waals surface area (Å²) in [5.74, 6) is 10.6. The average molecular weight is 479 g/mol. The molecule has 0 unspecified atom stereocenters. The van der Waals surface area contributed by atoms with Crippen LogP contribution in [0.1, 0.15) is 62.4 Å². The van der Waals surface area contributed by atoms with Gasteiger partial charge in [-0.3, -0.25) is 9.59 Å². The number of anilines is 1. The number of phenols is 1. The lowest BCUT2D eigenvalue weighted by Crippen LogP contribution is -2.52. The quantitative estimate of drug-likeness (QED) is 0.241. The maximum Gasteiger partial charge on any atom is 0.198 e. The van der Waals surface area contributed by atoms with E-state index < -0.39 is 29.1 Å². The van der Waals surface area contributed by atoms with Gasteiger partial charge in [-0.05, 0) is 47.4 Å². The van der Waals surface area contributed by atoms with Crippen LogP contribution in [0.2, 0.25) is 0 Å². The number of fused-ring (bicyclic) bond motifs is 5. The predicted molar refractivity (Wildman–Crippen MR) is 130 cm³/mol. The molecule has 3 aliphatic heterocycles. The molecule has 0 spiro atoms. The van der Waals surface area contributed by atoms with Crippen LogP contribution in [0.5, 0.6) is 5.75 Å². The average Bonchev–Trinajstić information content (AvgIpc) is 3.41. The number of aromatic hydroxyl groups is 1. The SMILES string of the molecule is CC(C)[C@@]12O[C@]13c1cc(O)c4c(c1N[C@H]2C#C/C=C\C#C[C@H]3O)C(=O)c1cc2c(cc1C4=O)CNC2. The molecule has 7 nitrogen and oxygen atoms in total. The number of ketones is 2. The second-order valence-electron chi connectivity index (χ2n) is 10.2. The minimum absolute atomic E-state index is 0.0447. The molecule has 0 aromatic heterocycles. The number of carbonyl (C=O) groups is 2. The zero-order chi connectivity index (χ0) is 25.0. The molecule has 2 aliphatic carbocycles. The summed E-state index contributed by atoms with van der Waals surface area (Å²) < 4.78 is 6.43. The summed E-state index contributed by atoms with van der Waals surface area (Å²) in [7, 11) is 0. The summed E-state index contributed by atoms with van der Waals surface area (Å²) in [6.07, 6.45) is 1.92. The second-order valence-corrected chi connectivity index (χ2v) is 10.2. The lowest BCUT2D eigenvalue weighted by Gasteiger charge is -2.38. The molecule has 0 saturated carbocycles. The Morgan fingerprint density at radius 3 is 2.31 bits per heavy atom. The van der Waals surface area contributed by atoms with Crippen molar-refractivity contribution in [1.29, 1.82) is 0 Å². The highest BCUT2D eigenvalue weighted by atomic mass is 16.6. The fraction of sp³-hybridized carbons (Fsp3) is 0.310. The van der Waals surface area contributed by atoms with E-state index in [0.29, 0.717) is 29.9 Å². The molecule has 178 valence electrons. The van der Waals surface area contributed by atoms with Crippen LogP contribution in [0.4, 0.5) is 5.69 Å². The molecule has 7 rings (SSSR count). The van der Waals surface area contributed by atoms with Gasteiger partial charge in [0, 0.05) is 29.8 Å². The van der Waals surface area contributed by atoms with Gasteiger partial charge in [-0.25, -0.2) is 0 Å². The van der Waals surface area contributed by atoms with E-state index in [1.165, 1.54) is 6.07 Å². The van der Waals surface area contributed by atoms with Crippen LogP contribution in [-0.2, 0) is 23.4 Å². The third-order valence-corrected chi connectivity index (χ3v) is 8.15. The topological polar surface area (TPSA) is 111 Å². The predicted octanol–water partition coefficient (Wildman–Crippen LogP) is 2.12. The summed E-state index contributed by atoms with van der Waals surface area (Å²) in [6, 6.07) is 4.37. The Balaban J connectivity index is 1.52. The van der Waals surface area contributed by atoms with Crippen LogP contribution < -0.4 is 10.6 Å². The minimum Gasteiger partial charge on any atom is -0.507 e. The second kappa shape index (κ2) is 6.87. The smallest absolute Gasteiger partial charge is 0.198 e. The summed E-state index contributed by atoms with van der Waals surface area (Å²) in [6.45, 7) is 5.20. The molecule has 5 aliphatic rings. The molecule has 1 saturated heterocycles. The van der Waals surface area contributed by atoms with E-state index in [0.717, 1.165) is 11.1 Å². The molecule has 2 bridgehead atoms. The van der Waals surface area contributed by atoms with E-state index in [2.05, 4.69) is 34.3 Å². The summed E-state index contributed by atoms with van der Waals surface area (Å²) >= 11 is 0. The molecule has 4 N–H and O–H groups in total. The van der Waals surface area contributed by atoms with Crippen molar-refractivity contribution >= 4 is 17.3 Å². The van der Waals surface area contributed by atoms with E-state index >= 15 is 0 Å². The number of phenolic OH excluding ortho intramolecular Hbond substituents is 1. The molecule has 36 heavy (non-hydrogen) atoms. The highest BCUT2D eigenvalue weighted by Gasteiger charge is 2.81. The summed E-state index contributed by atoms with van der Waals surface area (Å²) in [5, 5.41) is 29.1. The highest BCUT2D eigenvalue weighted by molar-refractivity contribution is 6.31. The zero-order valence-corrected chi connectivity index (χ0v) is 19.7. The Morgan fingerprint density at radius 1 is 1.00 bits per heavy atom. The third-order valence-electron chi connectivity index (χ3n) is 8.15. The first-order valence-corrected chi connectivity index (χ1v) is 12.0. The number of allylic oxidation sites excluding steroid dienone is 2. The van der Waals surface area contributed by atoms with Crippen molar-refractivity contribution in [3.63, 3.8) is 0 Å². The standard InChI is InChI=1S/C29H22N2O5/c1-14(2)28-21-7-5-3-4-6-8-22(33)29(28,36-28)19-11-20(32)23-24(25(19)31-21)27(35)18-10-16-13-30-12-15(16)9-17(18)26(23)34/h3-4,9-11,14,21-22,30-33H,12-13H2,1-2H3/b4-3-/t21-,22+,28-,29-/m0/s1. The van der Waals surface area contributed by atoms with Crippen LogP contribution >= 0.6 is 0 Å². The van der Waals surface area contributed by atoms with Crippen molar-refractivity contribution in [2.45, 2.75) is 50.3 Å². The van der Waals surface area contributed by atoms with E-state index in [1.807, 2.05) is 13.8 Å². The molecule has 2 aromatic carbocycles. The van der Waals surface area contributed by atoms with Crippen molar-refractivity contribution in [3.8, 4) is 29.4 Å². The lowest BCUT2D eigenvalue weighted by atomic mass is 9.67. The molecule has 3 heterocycles. The number of rotatable bonds is 1. The number of epoxide rings is 1. The Bertz CT molecular complexity index is 1600. The number of aliphatic hydroxyl groups excluding tert-OH is 1. The maximum atomic E-state index is 14.0. The fourth-order valence-corrected chi connectivity index (χ4v) is 6.48. The van der Waals surface area contributed by atoms with Crippen molar-refractivity contribution in [1.82, 2.24) is 5.32 Å². The number of hydrogen-bond acceptors (Lipinski definition) is 7. The Kier molecular flexibility index (Phi) is 4.08. The van der Waals surface area contributed by atoms with Crippen LogP contribution in [0, 0.1) is 29.6 Å². The van der Waals surface area contributed by atoms with E-state index in [-0.39, 0.29) is 34.1 Å². The van der Waals surface area contributed by atoms with Gasteiger partial charge < -0.3 is 25.6 Å². The molecule has 2 aromatic rings. The van der Waals surface area contributed by atoms with Gasteiger partial charge in [-0.2, -0.15) is 0 Å². The van der Waals surface area contributed by atoms with Gasteiger partial charge in [-0.1, -0.05) is 37.5 Å². The summed E-state index contributed by atoms with van der Waals surface area (Å²) in [4.78, 5) is 27.6. The number of hydrogen-bond donors (Lipinski definition) is 4. The monoisotopic (exact) mass is 478 g/mol. The molecule has 0 amide bonds. The first-order valence-electron chi connectivity index (χ1n) is 12.0. The molecule has 7 heteroatoms. The van der Waals surface area contributed by atoms with Crippen molar-refractivity contribution in [2.75, 3.05) is 5.32 Å². The zero-order valence-electron chi connectivity index (χ0n) is 19.7. The number of aliphatic hydroxyl groups is 1. The van der Waals surface area contributed by atoms with Gasteiger partial charge in [0.1, 0.15) is 17.4 Å². The van der Waals surface area contributed by atoms with E-state index in [9.17, 15) is 19.8 Å². The molecule has 1 fully saturated rings. The first-order chi connectivity index (χ1) is 17.3. The Hall–Kier alpha value is -3.88. The molecular weight excluding hydrogens is 456 g/mol. The first kappa shape index (κ1) is 21.4. The van der Waals surface area contributed by atoms with Crippen LogP contribution in [0.3, 0.4) is 0 Å². The summed E-state index contributed by atoms with van der Waals surface area (Å²) in [5.41, 5.74) is 1.07. The maximum absolute atomic E-state index is 14.0. The molecule has 0 radical (unpaired) electrons. The van der Waals surface area contributed by atoms with Crippen molar-refractivity contribution < 1.29 is 24.5 Å². The van der Waals surface area contributed by atoms with Crippen LogP contribution in [0.15, 0.2) is 30.4 Å². The van der Waals surface area contributed by atoms with Crippen LogP contribution in [-0.4, -0.2) is 39.5 Å². The number of ether oxygens (including phenoxy) is 1. The Labute approximate surface area is 207 Å². The highest BCUT2D eigenvalue weighted by Crippen LogP contribution is 2.68. The van der Waals surface area contributed by atoms with Crippen molar-refractivity contribution in [2.24, 2.45) is 5.92 Å². The van der Waals surface area contributed by atoms with E-state index in [4.69, 9.17) is 4.74 Å². The van der Waals surface area contributed by atoms with E-state index in [1.54, 1.807) is 24.3 Å². The normalized spacial score (nSPS) is 30.8. The number of carbonyl (C=O) groups excluding carboxylic acids is 2. The van der Waals surface area contributed by atoms with Gasteiger partial charge in [-0.15, -0.1) is 0 Å². The van der Waals surface area contributed by atoms with Gasteiger partial charge in [0.15, 0.2) is 23.3 Å². The number of benzene rings is 2.